The van der Waals surface area contributed by atoms with Crippen molar-refractivity contribution in [2.24, 2.45) is 4.99 Å². The fourth-order valence-electron chi connectivity index (χ4n) is 2.99. The second-order valence-electron chi connectivity index (χ2n) is 7.42. The van der Waals surface area contributed by atoms with Gasteiger partial charge in [-0.25, -0.2) is 14.1 Å². The molecule has 1 aliphatic rings. The molecule has 0 saturated carbocycles. The molecule has 3 rings (SSSR count). The zero-order valence-corrected chi connectivity index (χ0v) is 18.1. The van der Waals surface area contributed by atoms with E-state index in [0.29, 0.717) is 19.0 Å². The molecule has 10 heteroatoms. The number of amides is 1. The smallest absolute Gasteiger partial charge is 0.241 e. The summed E-state index contributed by atoms with van der Waals surface area (Å²) in [7, 11) is 3.43. The number of hydrogen-bond acceptors (Lipinski definition) is 5. The number of aromatic nitrogens is 2. The van der Waals surface area contributed by atoms with E-state index in [1.165, 1.54) is 17.0 Å². The number of likely N-dealkylation sites (N-methyl/N-ethyl adjacent to an activating group) is 1. The first kappa shape index (κ1) is 22.7. The number of halogens is 1. The first-order valence-electron chi connectivity index (χ1n) is 10.3. The van der Waals surface area contributed by atoms with Crippen LogP contribution in [0.2, 0.25) is 0 Å². The maximum Gasteiger partial charge on any atom is 0.241 e. The van der Waals surface area contributed by atoms with Crippen LogP contribution in [0, 0.1) is 5.82 Å². The van der Waals surface area contributed by atoms with Crippen molar-refractivity contribution in [3.8, 4) is 5.69 Å². The van der Waals surface area contributed by atoms with Crippen LogP contribution in [0.1, 0.15) is 5.69 Å². The van der Waals surface area contributed by atoms with Gasteiger partial charge in [-0.15, -0.1) is 0 Å². The van der Waals surface area contributed by atoms with Crippen LogP contribution in [0.3, 0.4) is 0 Å². The Bertz CT molecular complexity index is 861. The summed E-state index contributed by atoms with van der Waals surface area (Å²) >= 11 is 0. The molecule has 0 atom stereocenters. The first-order valence-corrected chi connectivity index (χ1v) is 10.3. The molecule has 1 aliphatic heterocycles. The van der Waals surface area contributed by atoms with E-state index in [-0.39, 0.29) is 18.3 Å². The highest BCUT2D eigenvalue weighted by Crippen LogP contribution is 2.09. The van der Waals surface area contributed by atoms with Gasteiger partial charge in [0, 0.05) is 46.5 Å². The summed E-state index contributed by atoms with van der Waals surface area (Å²) in [6, 6.07) is 8.00. The van der Waals surface area contributed by atoms with Gasteiger partial charge in [-0.2, -0.15) is 5.10 Å². The van der Waals surface area contributed by atoms with E-state index in [1.54, 1.807) is 30.9 Å². The Morgan fingerprint density at radius 3 is 2.65 bits per heavy atom. The summed E-state index contributed by atoms with van der Waals surface area (Å²) in [6.45, 7) is 5.41. The summed E-state index contributed by atoms with van der Waals surface area (Å²) in [5, 5.41) is 10.9. The molecule has 2 aromatic rings. The normalized spacial score (nSPS) is 15.0. The minimum absolute atomic E-state index is 0.0386. The number of nitrogens with one attached hydrogen (secondary N) is 2. The van der Waals surface area contributed by atoms with Crippen LogP contribution >= 0.6 is 0 Å². The fraction of sp³-hybridized carbons (Fsp3) is 0.476. The standard InChI is InChI=1S/C21H30FN7O2/c1-27(2)20(30)16-25-21(23-8-10-28-11-13-31-14-12-28)24-15-18-7-9-29(26-18)19-5-3-17(22)4-6-19/h3-7,9H,8,10-16H2,1-2H3,(H2,23,24,25). The average molecular weight is 432 g/mol. The van der Waals surface area contributed by atoms with Crippen LogP contribution in [0.25, 0.3) is 5.69 Å². The van der Waals surface area contributed by atoms with Crippen LogP contribution in [-0.2, 0) is 16.1 Å². The van der Waals surface area contributed by atoms with Crippen LogP contribution in [-0.4, -0.2) is 91.5 Å². The third-order valence-corrected chi connectivity index (χ3v) is 4.86. The number of morpholine rings is 1. The zero-order valence-electron chi connectivity index (χ0n) is 18.1. The summed E-state index contributed by atoms with van der Waals surface area (Å²) in [5.74, 6) is 0.231. The van der Waals surface area contributed by atoms with Crippen molar-refractivity contribution in [3.63, 3.8) is 0 Å². The van der Waals surface area contributed by atoms with Crippen molar-refractivity contribution in [2.45, 2.75) is 6.54 Å². The average Bonchev–Trinajstić information content (AvgIpc) is 3.25. The second-order valence-corrected chi connectivity index (χ2v) is 7.42. The lowest BCUT2D eigenvalue weighted by atomic mass is 10.3. The molecule has 0 spiro atoms. The number of rotatable bonds is 8. The Kier molecular flexibility index (Phi) is 8.36. The molecule has 0 radical (unpaired) electrons. The van der Waals surface area contributed by atoms with E-state index < -0.39 is 0 Å². The zero-order chi connectivity index (χ0) is 22.1. The van der Waals surface area contributed by atoms with Gasteiger partial charge in [0.05, 0.1) is 37.7 Å². The first-order chi connectivity index (χ1) is 15.0. The van der Waals surface area contributed by atoms with E-state index in [0.717, 1.165) is 44.2 Å². The predicted octanol–water partition coefficient (Wildman–Crippen LogP) is 0.467. The van der Waals surface area contributed by atoms with E-state index in [9.17, 15) is 9.18 Å². The van der Waals surface area contributed by atoms with Crippen LogP contribution in [0.4, 0.5) is 4.39 Å². The maximum absolute atomic E-state index is 13.1. The Hall–Kier alpha value is -2.98. The molecule has 0 aliphatic carbocycles. The summed E-state index contributed by atoms with van der Waals surface area (Å²) < 4.78 is 20.2. The van der Waals surface area contributed by atoms with Gasteiger partial charge < -0.3 is 20.3 Å². The summed E-state index contributed by atoms with van der Waals surface area (Å²) in [4.78, 5) is 20.4. The summed E-state index contributed by atoms with van der Waals surface area (Å²) in [5.41, 5.74) is 1.53. The molecule has 168 valence electrons. The van der Waals surface area contributed by atoms with Gasteiger partial charge in [-0.1, -0.05) is 0 Å². The molecule has 1 aromatic heterocycles. The molecule has 31 heavy (non-hydrogen) atoms. The van der Waals surface area contributed by atoms with Crippen molar-refractivity contribution in [1.29, 1.82) is 0 Å². The lowest BCUT2D eigenvalue weighted by molar-refractivity contribution is -0.127. The Morgan fingerprint density at radius 2 is 1.94 bits per heavy atom. The van der Waals surface area contributed by atoms with E-state index in [4.69, 9.17) is 4.74 Å². The molecule has 9 nitrogen and oxygen atoms in total. The molecule has 2 N–H and O–H groups in total. The molecular formula is C21H30FN7O2. The Morgan fingerprint density at radius 1 is 1.19 bits per heavy atom. The number of aliphatic imine (C=N–C) groups is 1. The number of benzene rings is 1. The van der Waals surface area contributed by atoms with Crippen molar-refractivity contribution < 1.29 is 13.9 Å². The molecule has 0 bridgehead atoms. The highest BCUT2D eigenvalue weighted by Gasteiger charge is 2.11. The molecular weight excluding hydrogens is 401 g/mol. The second kappa shape index (κ2) is 11.4. The summed E-state index contributed by atoms with van der Waals surface area (Å²) in [6.07, 6.45) is 1.81. The van der Waals surface area contributed by atoms with Crippen LogP contribution in [0.5, 0.6) is 0 Å². The highest BCUT2D eigenvalue weighted by atomic mass is 19.1. The van der Waals surface area contributed by atoms with Crippen LogP contribution < -0.4 is 10.6 Å². The lowest BCUT2D eigenvalue weighted by Gasteiger charge is -2.26. The van der Waals surface area contributed by atoms with Crippen LogP contribution in [0.15, 0.2) is 41.5 Å². The van der Waals surface area contributed by atoms with E-state index >= 15 is 0 Å². The number of nitrogens with zero attached hydrogens (tertiary/aromatic N) is 5. The van der Waals surface area contributed by atoms with Gasteiger partial charge in [0.15, 0.2) is 5.96 Å². The maximum atomic E-state index is 13.1. The Balaban J connectivity index is 1.58. The minimum atomic E-state index is -0.285. The molecule has 1 fully saturated rings. The SMILES string of the molecule is CN(C)C(=O)CNC(=NCc1ccn(-c2ccc(F)cc2)n1)NCCN1CCOCC1. The number of carbonyl (C=O) groups excluding carboxylic acids is 1. The highest BCUT2D eigenvalue weighted by molar-refractivity contribution is 5.86. The third-order valence-electron chi connectivity index (χ3n) is 4.86. The lowest BCUT2D eigenvalue weighted by Crippen LogP contribution is -2.46. The number of hydrogen-bond donors (Lipinski definition) is 2. The minimum Gasteiger partial charge on any atom is -0.379 e. The van der Waals surface area contributed by atoms with Gasteiger partial charge in [0.2, 0.25) is 5.91 Å². The third kappa shape index (κ3) is 7.34. The molecule has 0 unspecified atom stereocenters. The molecule has 1 amide bonds. The van der Waals surface area contributed by atoms with Gasteiger partial charge in [0.1, 0.15) is 5.82 Å². The van der Waals surface area contributed by atoms with Crippen molar-refractivity contribution in [1.82, 2.24) is 30.2 Å². The van der Waals surface area contributed by atoms with Gasteiger partial charge in [0.25, 0.3) is 0 Å². The van der Waals surface area contributed by atoms with E-state index in [2.05, 4.69) is 25.6 Å². The van der Waals surface area contributed by atoms with Gasteiger partial charge >= 0.3 is 0 Å². The largest absolute Gasteiger partial charge is 0.379 e. The predicted molar refractivity (Wildman–Crippen MR) is 117 cm³/mol. The van der Waals surface area contributed by atoms with E-state index in [1.807, 2.05) is 12.3 Å². The van der Waals surface area contributed by atoms with Gasteiger partial charge in [-0.05, 0) is 30.3 Å². The molecule has 2 heterocycles. The Labute approximate surface area is 181 Å². The van der Waals surface area contributed by atoms with Crippen molar-refractivity contribution in [2.75, 3.05) is 60.0 Å². The van der Waals surface area contributed by atoms with Crippen molar-refractivity contribution >= 4 is 11.9 Å². The topological polar surface area (TPSA) is 87.0 Å². The number of ether oxygens (including phenoxy) is 1. The number of carbonyl (C=O) groups is 1. The van der Waals surface area contributed by atoms with Gasteiger partial charge in [-0.3, -0.25) is 9.69 Å². The molecule has 1 saturated heterocycles. The molecule has 1 aromatic carbocycles. The fourth-order valence-corrected chi connectivity index (χ4v) is 2.99. The monoisotopic (exact) mass is 431 g/mol. The quantitative estimate of drug-likeness (QED) is 0.467. The number of guanidine groups is 1. The van der Waals surface area contributed by atoms with Crippen molar-refractivity contribution in [3.05, 3.63) is 48.0 Å².